The molecule has 0 unspecified atom stereocenters. The lowest BCUT2D eigenvalue weighted by atomic mass is 10.1. The van der Waals surface area contributed by atoms with Gasteiger partial charge in [0.25, 0.3) is 0 Å². The summed E-state index contributed by atoms with van der Waals surface area (Å²) >= 11 is 0. The zero-order valence-corrected chi connectivity index (χ0v) is 15.1. The molecule has 3 aromatic heterocycles. The molecular formula is C20H18N6O2. The Morgan fingerprint density at radius 2 is 2.18 bits per heavy atom. The van der Waals surface area contributed by atoms with E-state index in [4.69, 9.17) is 4.74 Å². The van der Waals surface area contributed by atoms with Crippen LogP contribution in [0.5, 0.6) is 5.75 Å². The van der Waals surface area contributed by atoms with E-state index in [1.807, 2.05) is 24.4 Å². The number of hydrogen-bond acceptors (Lipinski definition) is 6. The van der Waals surface area contributed by atoms with Crippen molar-refractivity contribution in [3.8, 4) is 22.9 Å². The van der Waals surface area contributed by atoms with E-state index in [0.717, 1.165) is 42.6 Å². The summed E-state index contributed by atoms with van der Waals surface area (Å²) in [6, 6.07) is 9.53. The standard InChI is InChI=1S/C20H18N6O2/c21-8-14-6-17(18(11-23-14)28-16-9-22-10-16)13-3-4-26-15(5-13)7-19(25-26)24-20(27)12-1-2-12/h3-7,11-12,16,22H,1-2,9-10H2,(H,24,25,27). The number of aromatic nitrogens is 3. The number of fused-ring (bicyclic) bond motifs is 1. The molecule has 0 spiro atoms. The molecular weight excluding hydrogens is 356 g/mol. The summed E-state index contributed by atoms with van der Waals surface area (Å²) in [5.41, 5.74) is 2.88. The van der Waals surface area contributed by atoms with E-state index in [-0.39, 0.29) is 17.9 Å². The number of ether oxygens (including phenoxy) is 1. The Balaban J connectivity index is 1.49. The molecule has 1 saturated carbocycles. The van der Waals surface area contributed by atoms with Gasteiger partial charge in [0, 0.05) is 36.8 Å². The van der Waals surface area contributed by atoms with Gasteiger partial charge in [0.2, 0.25) is 5.91 Å². The zero-order chi connectivity index (χ0) is 19.1. The fourth-order valence-corrected chi connectivity index (χ4v) is 3.15. The molecule has 4 heterocycles. The van der Waals surface area contributed by atoms with Gasteiger partial charge in [0.15, 0.2) is 5.82 Å². The molecule has 0 bridgehead atoms. The third-order valence-electron chi connectivity index (χ3n) is 4.99. The van der Waals surface area contributed by atoms with Gasteiger partial charge >= 0.3 is 0 Å². The summed E-state index contributed by atoms with van der Waals surface area (Å²) < 4.78 is 7.74. The SMILES string of the molecule is N#Cc1cc(-c2ccn3nc(NC(=O)C4CC4)cc3c2)c(OC2CNC2)cn1. The maximum Gasteiger partial charge on any atom is 0.228 e. The van der Waals surface area contributed by atoms with Crippen molar-refractivity contribution in [2.75, 3.05) is 18.4 Å². The quantitative estimate of drug-likeness (QED) is 0.707. The van der Waals surface area contributed by atoms with E-state index < -0.39 is 0 Å². The van der Waals surface area contributed by atoms with Crippen LogP contribution in [0.3, 0.4) is 0 Å². The first-order chi connectivity index (χ1) is 13.7. The third kappa shape index (κ3) is 3.17. The van der Waals surface area contributed by atoms with Crippen LogP contribution in [0.4, 0.5) is 5.82 Å². The molecule has 0 aromatic carbocycles. The predicted octanol–water partition coefficient (Wildman–Crippen LogP) is 1.97. The fourth-order valence-electron chi connectivity index (χ4n) is 3.15. The van der Waals surface area contributed by atoms with Gasteiger partial charge < -0.3 is 15.4 Å². The van der Waals surface area contributed by atoms with Crippen LogP contribution in [0.1, 0.15) is 18.5 Å². The van der Waals surface area contributed by atoms with Crippen LogP contribution in [0.25, 0.3) is 16.6 Å². The van der Waals surface area contributed by atoms with Crippen molar-refractivity contribution in [3.05, 3.63) is 42.4 Å². The van der Waals surface area contributed by atoms with E-state index in [1.54, 1.807) is 16.8 Å². The average molecular weight is 374 g/mol. The molecule has 140 valence electrons. The molecule has 1 aliphatic carbocycles. The minimum Gasteiger partial charge on any atom is -0.485 e. The summed E-state index contributed by atoms with van der Waals surface area (Å²) in [5, 5.41) is 19.7. The molecule has 8 heteroatoms. The van der Waals surface area contributed by atoms with E-state index in [9.17, 15) is 10.1 Å². The van der Waals surface area contributed by atoms with E-state index in [0.29, 0.717) is 17.3 Å². The number of carbonyl (C=O) groups excluding carboxylic acids is 1. The highest BCUT2D eigenvalue weighted by atomic mass is 16.5. The van der Waals surface area contributed by atoms with Gasteiger partial charge in [0.05, 0.1) is 11.7 Å². The fraction of sp³-hybridized carbons (Fsp3) is 0.300. The lowest BCUT2D eigenvalue weighted by Gasteiger charge is -2.28. The second-order valence-electron chi connectivity index (χ2n) is 7.15. The van der Waals surface area contributed by atoms with Gasteiger partial charge in [-0.15, -0.1) is 0 Å². The molecule has 5 rings (SSSR count). The molecule has 2 N–H and O–H groups in total. The summed E-state index contributed by atoms with van der Waals surface area (Å²) in [5.74, 6) is 1.35. The minimum absolute atomic E-state index is 0.0289. The van der Waals surface area contributed by atoms with Crippen LogP contribution in [-0.2, 0) is 4.79 Å². The van der Waals surface area contributed by atoms with Crippen LogP contribution in [0.15, 0.2) is 36.7 Å². The number of nitrogens with zero attached hydrogens (tertiary/aromatic N) is 4. The van der Waals surface area contributed by atoms with Crippen LogP contribution in [-0.4, -0.2) is 39.7 Å². The Bertz CT molecular complexity index is 1110. The molecule has 2 aliphatic rings. The molecule has 1 saturated heterocycles. The van der Waals surface area contributed by atoms with Gasteiger partial charge in [-0.05, 0) is 36.6 Å². The molecule has 3 aromatic rings. The van der Waals surface area contributed by atoms with Gasteiger partial charge in [-0.2, -0.15) is 10.4 Å². The highest BCUT2D eigenvalue weighted by Gasteiger charge is 2.30. The minimum atomic E-state index is 0.0289. The topological polar surface area (TPSA) is 104 Å². The van der Waals surface area contributed by atoms with Crippen LogP contribution < -0.4 is 15.4 Å². The van der Waals surface area contributed by atoms with Gasteiger partial charge in [0.1, 0.15) is 23.6 Å². The normalized spacial score (nSPS) is 16.4. The lowest BCUT2D eigenvalue weighted by molar-refractivity contribution is -0.117. The van der Waals surface area contributed by atoms with Gasteiger partial charge in [-0.25, -0.2) is 9.50 Å². The second kappa shape index (κ2) is 6.62. The summed E-state index contributed by atoms with van der Waals surface area (Å²) in [7, 11) is 0. The van der Waals surface area contributed by atoms with Crippen molar-refractivity contribution in [2.45, 2.75) is 18.9 Å². The lowest BCUT2D eigenvalue weighted by Crippen LogP contribution is -2.50. The van der Waals surface area contributed by atoms with Gasteiger partial charge in [-0.3, -0.25) is 4.79 Å². The maximum atomic E-state index is 12.0. The number of carbonyl (C=O) groups is 1. The zero-order valence-electron chi connectivity index (χ0n) is 15.1. The van der Waals surface area contributed by atoms with Crippen molar-refractivity contribution in [2.24, 2.45) is 5.92 Å². The van der Waals surface area contributed by atoms with Crippen LogP contribution >= 0.6 is 0 Å². The molecule has 0 atom stereocenters. The van der Waals surface area contributed by atoms with E-state index >= 15 is 0 Å². The molecule has 1 aliphatic heterocycles. The predicted molar refractivity (Wildman–Crippen MR) is 102 cm³/mol. The average Bonchev–Trinajstić information content (AvgIpc) is 3.45. The highest BCUT2D eigenvalue weighted by Crippen LogP contribution is 2.33. The van der Waals surface area contributed by atoms with Crippen molar-refractivity contribution in [1.82, 2.24) is 19.9 Å². The van der Waals surface area contributed by atoms with Crippen molar-refractivity contribution in [3.63, 3.8) is 0 Å². The number of nitriles is 1. The first-order valence-electron chi connectivity index (χ1n) is 9.28. The van der Waals surface area contributed by atoms with Crippen molar-refractivity contribution >= 4 is 17.2 Å². The number of nitrogens with one attached hydrogen (secondary N) is 2. The summed E-state index contributed by atoms with van der Waals surface area (Å²) in [6.07, 6.45) is 5.45. The molecule has 28 heavy (non-hydrogen) atoms. The van der Waals surface area contributed by atoms with Crippen molar-refractivity contribution in [1.29, 1.82) is 5.26 Å². The van der Waals surface area contributed by atoms with Crippen LogP contribution in [0.2, 0.25) is 0 Å². The Morgan fingerprint density at radius 1 is 1.32 bits per heavy atom. The van der Waals surface area contributed by atoms with Crippen LogP contribution in [0, 0.1) is 17.2 Å². The Morgan fingerprint density at radius 3 is 2.89 bits per heavy atom. The molecule has 2 fully saturated rings. The molecule has 8 nitrogen and oxygen atoms in total. The molecule has 1 amide bonds. The van der Waals surface area contributed by atoms with E-state index in [1.165, 1.54) is 0 Å². The number of pyridine rings is 2. The number of amides is 1. The second-order valence-corrected chi connectivity index (χ2v) is 7.15. The maximum absolute atomic E-state index is 12.0. The Hall–Kier alpha value is -3.44. The highest BCUT2D eigenvalue weighted by molar-refractivity contribution is 5.93. The van der Waals surface area contributed by atoms with Gasteiger partial charge in [-0.1, -0.05) is 0 Å². The number of anilines is 1. The smallest absolute Gasteiger partial charge is 0.228 e. The monoisotopic (exact) mass is 374 g/mol. The Kier molecular flexibility index (Phi) is 3.95. The third-order valence-corrected chi connectivity index (χ3v) is 4.99. The summed E-state index contributed by atoms with van der Waals surface area (Å²) in [4.78, 5) is 16.1. The number of rotatable bonds is 5. The number of hydrogen-bond donors (Lipinski definition) is 2. The first-order valence-corrected chi connectivity index (χ1v) is 9.28. The summed E-state index contributed by atoms with van der Waals surface area (Å²) in [6.45, 7) is 1.59. The first kappa shape index (κ1) is 16.7. The molecule has 0 radical (unpaired) electrons. The van der Waals surface area contributed by atoms with E-state index in [2.05, 4.69) is 26.8 Å². The largest absolute Gasteiger partial charge is 0.485 e. The van der Waals surface area contributed by atoms with Crippen molar-refractivity contribution < 1.29 is 9.53 Å². The Labute approximate surface area is 161 Å².